The fourth-order valence-electron chi connectivity index (χ4n) is 5.81. The first-order valence-corrected chi connectivity index (χ1v) is 17.0. The number of hydrogen-bond donors (Lipinski definition) is 0. The molecule has 0 N–H and O–H groups in total. The van der Waals surface area contributed by atoms with E-state index in [1.54, 1.807) is 0 Å². The van der Waals surface area contributed by atoms with Crippen molar-refractivity contribution in [2.45, 2.75) is 175 Å². The molecule has 0 saturated carbocycles. The molecule has 0 aliphatic rings. The van der Waals surface area contributed by atoms with Crippen LogP contribution in [0.25, 0.3) is 0 Å². The zero-order valence-corrected chi connectivity index (χ0v) is 25.6. The Morgan fingerprint density at radius 2 is 0.974 bits per heavy atom. The molecule has 0 unspecified atom stereocenters. The largest absolute Gasteiger partial charge is 0.256 e. The Labute approximate surface area is 237 Å². The lowest BCUT2D eigenvalue weighted by molar-refractivity contribution is -0.704. The van der Waals surface area contributed by atoms with Gasteiger partial charge in [0.05, 0.1) is 6.54 Å². The Bertz CT molecular complexity index is 763. The van der Waals surface area contributed by atoms with Gasteiger partial charge >= 0.3 is 0 Å². The summed E-state index contributed by atoms with van der Waals surface area (Å²) in [6, 6.07) is 11.0. The summed E-state index contributed by atoms with van der Waals surface area (Å²) in [5.74, 6) is 1.54. The highest BCUT2D eigenvalue weighted by Gasteiger charge is 2.17. The van der Waals surface area contributed by atoms with Gasteiger partial charge in [-0.05, 0) is 24.8 Å². The van der Waals surface area contributed by atoms with Crippen LogP contribution in [-0.4, -0.2) is 4.57 Å². The predicted octanol–water partition coefficient (Wildman–Crippen LogP) is 11.0. The van der Waals surface area contributed by atoms with E-state index in [0.717, 1.165) is 6.54 Å². The number of rotatable bonds is 26. The number of unbranched alkanes of at least 4 members (excludes halogenated alkanes) is 20. The molecule has 0 saturated heterocycles. The van der Waals surface area contributed by atoms with E-state index in [2.05, 4.69) is 65.7 Å². The third kappa shape index (κ3) is 15.7. The summed E-state index contributed by atoms with van der Waals surface area (Å²) in [5, 5.41) is 0. The second-order valence-corrected chi connectivity index (χ2v) is 11.8. The summed E-state index contributed by atoms with van der Waals surface area (Å²) < 4.78 is 5.08. The summed E-state index contributed by atoms with van der Waals surface area (Å²) in [6.07, 6.45) is 37.0. The molecule has 0 aliphatic heterocycles. The standard InChI is InChI=1S/C36H63N2/c1-3-5-7-9-11-12-13-14-15-16-17-18-19-21-26-30-36-37(31-27-22-20-10-8-6-4-2)32-33-38(36)34-35-28-24-23-25-29-35/h23-25,28-29,32-33H,3-22,26-27,30-31,34H2,1-2H3/q+1. The topological polar surface area (TPSA) is 8.81 Å². The van der Waals surface area contributed by atoms with Crippen LogP contribution in [0.15, 0.2) is 42.7 Å². The van der Waals surface area contributed by atoms with Crippen molar-refractivity contribution in [3.05, 3.63) is 54.1 Å². The van der Waals surface area contributed by atoms with Gasteiger partial charge in [0.15, 0.2) is 0 Å². The number of benzene rings is 1. The van der Waals surface area contributed by atoms with Gasteiger partial charge in [0.2, 0.25) is 0 Å². The van der Waals surface area contributed by atoms with E-state index >= 15 is 0 Å². The summed E-state index contributed by atoms with van der Waals surface area (Å²) in [6.45, 7) is 6.79. The Morgan fingerprint density at radius 3 is 1.47 bits per heavy atom. The lowest BCUT2D eigenvalue weighted by atomic mass is 10.0. The van der Waals surface area contributed by atoms with Crippen molar-refractivity contribution in [2.75, 3.05) is 0 Å². The van der Waals surface area contributed by atoms with E-state index in [0.29, 0.717) is 0 Å². The summed E-state index contributed by atoms with van der Waals surface area (Å²) >= 11 is 0. The van der Waals surface area contributed by atoms with Gasteiger partial charge in [-0.15, -0.1) is 0 Å². The average Bonchev–Trinajstić information content (AvgIpc) is 3.31. The predicted molar refractivity (Wildman–Crippen MR) is 167 cm³/mol. The van der Waals surface area contributed by atoms with Crippen molar-refractivity contribution >= 4 is 0 Å². The zero-order valence-electron chi connectivity index (χ0n) is 25.6. The van der Waals surface area contributed by atoms with Gasteiger partial charge in [-0.1, -0.05) is 166 Å². The van der Waals surface area contributed by atoms with E-state index in [9.17, 15) is 0 Å². The van der Waals surface area contributed by atoms with E-state index < -0.39 is 0 Å². The van der Waals surface area contributed by atoms with Crippen LogP contribution in [0.5, 0.6) is 0 Å². The smallest absolute Gasteiger partial charge is 0.234 e. The number of aromatic nitrogens is 2. The molecular weight excluding hydrogens is 460 g/mol. The Balaban J connectivity index is 1.62. The molecule has 1 aromatic heterocycles. The van der Waals surface area contributed by atoms with Crippen LogP contribution >= 0.6 is 0 Å². The van der Waals surface area contributed by atoms with Crippen molar-refractivity contribution in [3.8, 4) is 0 Å². The minimum Gasteiger partial charge on any atom is -0.234 e. The van der Waals surface area contributed by atoms with Gasteiger partial charge in [-0.3, -0.25) is 0 Å². The highest BCUT2D eigenvalue weighted by atomic mass is 15.1. The van der Waals surface area contributed by atoms with E-state index in [1.165, 1.54) is 166 Å². The molecule has 0 fully saturated rings. The second-order valence-electron chi connectivity index (χ2n) is 11.8. The van der Waals surface area contributed by atoms with Gasteiger partial charge in [-0.2, -0.15) is 0 Å². The lowest BCUT2D eigenvalue weighted by Gasteiger charge is -2.07. The molecule has 2 nitrogen and oxygen atoms in total. The maximum absolute atomic E-state index is 2.57. The van der Waals surface area contributed by atoms with E-state index in [-0.39, 0.29) is 0 Å². The fourth-order valence-corrected chi connectivity index (χ4v) is 5.81. The molecule has 1 aromatic carbocycles. The Hall–Kier alpha value is -1.57. The molecular formula is C36H63N2+. The van der Waals surface area contributed by atoms with Crippen molar-refractivity contribution in [1.29, 1.82) is 0 Å². The monoisotopic (exact) mass is 523 g/mol. The van der Waals surface area contributed by atoms with E-state index in [4.69, 9.17) is 0 Å². The molecule has 0 aliphatic carbocycles. The van der Waals surface area contributed by atoms with Crippen LogP contribution < -0.4 is 4.57 Å². The average molecular weight is 524 g/mol. The van der Waals surface area contributed by atoms with Crippen LogP contribution in [0, 0.1) is 0 Å². The molecule has 2 aromatic rings. The third-order valence-electron chi connectivity index (χ3n) is 8.29. The van der Waals surface area contributed by atoms with Crippen LogP contribution in [-0.2, 0) is 19.5 Å². The fraction of sp³-hybridized carbons (Fsp3) is 0.750. The quantitative estimate of drug-likeness (QED) is 0.0856. The molecule has 38 heavy (non-hydrogen) atoms. The van der Waals surface area contributed by atoms with Gasteiger partial charge in [0.25, 0.3) is 5.82 Å². The molecule has 0 bridgehead atoms. The van der Waals surface area contributed by atoms with Gasteiger partial charge in [-0.25, -0.2) is 9.13 Å². The summed E-state index contributed by atoms with van der Waals surface area (Å²) in [4.78, 5) is 0. The van der Waals surface area contributed by atoms with Crippen molar-refractivity contribution < 1.29 is 4.57 Å². The first-order valence-electron chi connectivity index (χ1n) is 17.0. The maximum Gasteiger partial charge on any atom is 0.256 e. The highest BCUT2D eigenvalue weighted by molar-refractivity contribution is 5.15. The molecule has 2 heteroatoms. The molecule has 0 atom stereocenters. The number of aryl methyl sites for hydroxylation is 1. The first-order chi connectivity index (χ1) is 18.8. The molecule has 216 valence electrons. The minimum absolute atomic E-state index is 0.999. The Morgan fingerprint density at radius 1 is 0.526 bits per heavy atom. The first kappa shape index (κ1) is 32.6. The normalized spacial score (nSPS) is 11.4. The van der Waals surface area contributed by atoms with Crippen molar-refractivity contribution in [3.63, 3.8) is 0 Å². The van der Waals surface area contributed by atoms with Crippen LogP contribution in [0.1, 0.15) is 166 Å². The lowest BCUT2D eigenvalue weighted by Crippen LogP contribution is -2.37. The number of nitrogens with zero attached hydrogens (tertiary/aromatic N) is 2. The van der Waals surface area contributed by atoms with Gasteiger partial charge in [0.1, 0.15) is 18.9 Å². The van der Waals surface area contributed by atoms with Crippen molar-refractivity contribution in [2.24, 2.45) is 0 Å². The van der Waals surface area contributed by atoms with Crippen molar-refractivity contribution in [1.82, 2.24) is 4.57 Å². The number of imidazole rings is 1. The molecule has 0 spiro atoms. The van der Waals surface area contributed by atoms with E-state index in [1.807, 2.05) is 0 Å². The van der Waals surface area contributed by atoms with Gasteiger partial charge in [0, 0.05) is 6.42 Å². The van der Waals surface area contributed by atoms with Crippen LogP contribution in [0.2, 0.25) is 0 Å². The summed E-state index contributed by atoms with van der Waals surface area (Å²) in [5.41, 5.74) is 1.41. The Kier molecular flexibility index (Phi) is 20.0. The molecule has 0 amide bonds. The van der Waals surface area contributed by atoms with Gasteiger partial charge < -0.3 is 0 Å². The molecule has 1 heterocycles. The highest BCUT2D eigenvalue weighted by Crippen LogP contribution is 2.15. The number of hydrogen-bond acceptors (Lipinski definition) is 0. The second kappa shape index (κ2) is 23.3. The van der Waals surface area contributed by atoms with Crippen LogP contribution in [0.3, 0.4) is 0 Å². The molecule has 0 radical (unpaired) electrons. The SMILES string of the molecule is CCCCCCCCCCCCCCCCCc1n(Cc2ccccc2)cc[n+]1CCCCCCCCC. The third-order valence-corrected chi connectivity index (χ3v) is 8.29. The maximum atomic E-state index is 2.57. The zero-order chi connectivity index (χ0) is 26.9. The summed E-state index contributed by atoms with van der Waals surface area (Å²) in [7, 11) is 0. The molecule has 2 rings (SSSR count). The van der Waals surface area contributed by atoms with Crippen LogP contribution in [0.4, 0.5) is 0 Å². The minimum atomic E-state index is 0.999.